The summed E-state index contributed by atoms with van der Waals surface area (Å²) in [5.41, 5.74) is 2.21. The second-order valence-electron chi connectivity index (χ2n) is 6.47. The summed E-state index contributed by atoms with van der Waals surface area (Å²) in [6, 6.07) is 16.4. The SMILES string of the molecule is CS(=O)(=O)N1CC(C(=O)OCc2nc(-c3ccccc3)cs2)Oc2ccccc21. The molecule has 0 radical (unpaired) electrons. The Balaban J connectivity index is 1.45. The van der Waals surface area contributed by atoms with Crippen LogP contribution in [0.3, 0.4) is 0 Å². The maximum Gasteiger partial charge on any atom is 0.349 e. The number of esters is 1. The predicted octanol–water partition coefficient (Wildman–Crippen LogP) is 3.08. The number of hydrogen-bond acceptors (Lipinski definition) is 7. The molecule has 1 atom stereocenters. The van der Waals surface area contributed by atoms with Crippen molar-refractivity contribution in [2.45, 2.75) is 12.7 Å². The Hall–Kier alpha value is -2.91. The van der Waals surface area contributed by atoms with Crippen molar-refractivity contribution >= 4 is 33.0 Å². The van der Waals surface area contributed by atoms with Crippen LogP contribution < -0.4 is 9.04 Å². The number of para-hydroxylation sites is 2. The van der Waals surface area contributed by atoms with Crippen molar-refractivity contribution in [3.8, 4) is 17.0 Å². The molecule has 0 aliphatic carbocycles. The van der Waals surface area contributed by atoms with Gasteiger partial charge in [-0.05, 0) is 12.1 Å². The molecule has 0 N–H and O–H groups in total. The average Bonchev–Trinajstić information content (AvgIpc) is 3.20. The third kappa shape index (κ3) is 4.25. The molecule has 0 amide bonds. The van der Waals surface area contributed by atoms with Crippen molar-refractivity contribution in [2.24, 2.45) is 0 Å². The van der Waals surface area contributed by atoms with Crippen LogP contribution in [-0.4, -0.2) is 38.3 Å². The molecule has 0 spiro atoms. The summed E-state index contributed by atoms with van der Waals surface area (Å²) in [6.45, 7) is -0.140. The highest BCUT2D eigenvalue weighted by Crippen LogP contribution is 2.34. The lowest BCUT2D eigenvalue weighted by molar-refractivity contribution is -0.153. The predicted molar refractivity (Wildman–Crippen MR) is 110 cm³/mol. The molecular formula is C20H18N2O5S2. The molecule has 1 aliphatic rings. The van der Waals surface area contributed by atoms with E-state index in [0.29, 0.717) is 16.4 Å². The Labute approximate surface area is 172 Å². The summed E-state index contributed by atoms with van der Waals surface area (Å²) < 4.78 is 36.5. The smallest absolute Gasteiger partial charge is 0.349 e. The van der Waals surface area contributed by atoms with E-state index >= 15 is 0 Å². The first kappa shape index (κ1) is 19.4. The van der Waals surface area contributed by atoms with Crippen LogP contribution in [0.25, 0.3) is 11.3 Å². The molecule has 29 heavy (non-hydrogen) atoms. The zero-order chi connectivity index (χ0) is 20.4. The van der Waals surface area contributed by atoms with Crippen LogP contribution in [-0.2, 0) is 26.2 Å². The molecule has 3 aromatic rings. The number of thiazole rings is 1. The zero-order valence-electron chi connectivity index (χ0n) is 15.5. The number of rotatable bonds is 5. The maximum atomic E-state index is 12.5. The monoisotopic (exact) mass is 430 g/mol. The molecule has 0 saturated carbocycles. The van der Waals surface area contributed by atoms with Crippen LogP contribution in [0.1, 0.15) is 5.01 Å². The van der Waals surface area contributed by atoms with E-state index in [1.807, 2.05) is 35.7 Å². The minimum atomic E-state index is -3.56. The number of aromatic nitrogens is 1. The quantitative estimate of drug-likeness (QED) is 0.578. The minimum absolute atomic E-state index is 0.00326. The van der Waals surface area contributed by atoms with Gasteiger partial charge in [-0.3, -0.25) is 4.31 Å². The van der Waals surface area contributed by atoms with Crippen LogP contribution in [0, 0.1) is 0 Å². The van der Waals surface area contributed by atoms with Crippen molar-refractivity contribution in [3.05, 3.63) is 65.0 Å². The van der Waals surface area contributed by atoms with Crippen molar-refractivity contribution < 1.29 is 22.7 Å². The molecule has 7 nitrogen and oxygen atoms in total. The fourth-order valence-electron chi connectivity index (χ4n) is 2.98. The first-order valence-corrected chi connectivity index (χ1v) is 11.5. The number of benzene rings is 2. The summed E-state index contributed by atoms with van der Waals surface area (Å²) in [7, 11) is -3.56. The Morgan fingerprint density at radius 1 is 1.21 bits per heavy atom. The van der Waals surface area contributed by atoms with Crippen LogP contribution in [0.15, 0.2) is 60.0 Å². The topological polar surface area (TPSA) is 85.8 Å². The number of nitrogens with zero attached hydrogens (tertiary/aromatic N) is 2. The summed E-state index contributed by atoms with van der Waals surface area (Å²) in [5.74, 6) is -0.309. The number of carbonyl (C=O) groups is 1. The third-order valence-electron chi connectivity index (χ3n) is 4.36. The molecule has 1 unspecified atom stereocenters. The lowest BCUT2D eigenvalue weighted by Crippen LogP contribution is -2.47. The lowest BCUT2D eigenvalue weighted by Gasteiger charge is -2.33. The third-order valence-corrected chi connectivity index (χ3v) is 6.33. The highest BCUT2D eigenvalue weighted by atomic mass is 32.2. The van der Waals surface area contributed by atoms with Gasteiger partial charge in [0.05, 0.1) is 24.2 Å². The second kappa shape index (κ2) is 7.84. The fourth-order valence-corrected chi connectivity index (χ4v) is 4.61. The average molecular weight is 431 g/mol. The van der Waals surface area contributed by atoms with Crippen molar-refractivity contribution in [2.75, 3.05) is 17.1 Å². The number of ether oxygens (including phenoxy) is 2. The summed E-state index contributed by atoms with van der Waals surface area (Å²) in [4.78, 5) is 17.0. The first-order chi connectivity index (χ1) is 13.9. The second-order valence-corrected chi connectivity index (χ2v) is 9.32. The van der Waals surface area contributed by atoms with Crippen molar-refractivity contribution in [1.29, 1.82) is 0 Å². The highest BCUT2D eigenvalue weighted by Gasteiger charge is 2.35. The van der Waals surface area contributed by atoms with E-state index in [9.17, 15) is 13.2 Å². The summed E-state index contributed by atoms with van der Waals surface area (Å²) in [5, 5.41) is 2.55. The normalized spacial score (nSPS) is 16.0. The lowest BCUT2D eigenvalue weighted by atomic mass is 10.2. The Morgan fingerprint density at radius 2 is 1.93 bits per heavy atom. The van der Waals surface area contributed by atoms with E-state index in [0.717, 1.165) is 21.8 Å². The highest BCUT2D eigenvalue weighted by molar-refractivity contribution is 7.92. The van der Waals surface area contributed by atoms with E-state index in [1.165, 1.54) is 11.3 Å². The zero-order valence-corrected chi connectivity index (χ0v) is 17.2. The van der Waals surface area contributed by atoms with Gasteiger partial charge < -0.3 is 9.47 Å². The molecule has 1 aromatic heterocycles. The molecule has 4 rings (SSSR count). The first-order valence-electron chi connectivity index (χ1n) is 8.81. The van der Waals surface area contributed by atoms with Crippen molar-refractivity contribution in [3.63, 3.8) is 0 Å². The van der Waals surface area contributed by atoms with Crippen LogP contribution >= 0.6 is 11.3 Å². The van der Waals surface area contributed by atoms with Crippen molar-refractivity contribution in [1.82, 2.24) is 4.98 Å². The molecule has 1 aliphatic heterocycles. The van der Waals surface area contributed by atoms with E-state index in [1.54, 1.807) is 24.3 Å². The molecule has 0 fully saturated rings. The number of carbonyl (C=O) groups excluding carboxylic acids is 1. The Bertz CT molecular complexity index is 1130. The summed E-state index contributed by atoms with van der Waals surface area (Å²) in [6.07, 6.45) is 0.0474. The minimum Gasteiger partial charge on any atom is -0.475 e. The van der Waals surface area contributed by atoms with Crippen LogP contribution in [0.5, 0.6) is 5.75 Å². The Kier molecular flexibility index (Phi) is 5.25. The number of fused-ring (bicyclic) bond motifs is 1. The van der Waals surface area contributed by atoms with Gasteiger partial charge >= 0.3 is 5.97 Å². The molecular weight excluding hydrogens is 412 g/mol. The molecule has 0 saturated heterocycles. The van der Waals surface area contributed by atoms with E-state index in [4.69, 9.17) is 9.47 Å². The van der Waals surface area contributed by atoms with Gasteiger partial charge in [0, 0.05) is 10.9 Å². The molecule has 2 heterocycles. The van der Waals surface area contributed by atoms with Gasteiger partial charge in [-0.15, -0.1) is 11.3 Å². The van der Waals surface area contributed by atoms with Gasteiger partial charge in [0.1, 0.15) is 17.4 Å². The van der Waals surface area contributed by atoms with Gasteiger partial charge in [-0.1, -0.05) is 42.5 Å². The summed E-state index contributed by atoms with van der Waals surface area (Å²) >= 11 is 1.39. The van der Waals surface area contributed by atoms with Gasteiger partial charge in [0.2, 0.25) is 16.1 Å². The van der Waals surface area contributed by atoms with Gasteiger partial charge in [0.15, 0.2) is 0 Å². The number of hydrogen-bond donors (Lipinski definition) is 0. The van der Waals surface area contributed by atoms with E-state index in [2.05, 4.69) is 4.98 Å². The Morgan fingerprint density at radius 3 is 2.69 bits per heavy atom. The molecule has 9 heteroatoms. The van der Waals surface area contributed by atoms with E-state index in [-0.39, 0.29) is 13.2 Å². The standard InChI is InChI=1S/C20H18N2O5S2/c1-29(24,25)22-11-18(27-17-10-6-5-9-16(17)22)20(23)26-12-19-21-15(13-28-19)14-7-3-2-4-8-14/h2-10,13,18H,11-12H2,1H3. The fraction of sp³-hybridized carbons (Fsp3) is 0.200. The molecule has 150 valence electrons. The largest absolute Gasteiger partial charge is 0.475 e. The molecule has 0 bridgehead atoms. The van der Waals surface area contributed by atoms with Gasteiger partial charge in [0.25, 0.3) is 0 Å². The van der Waals surface area contributed by atoms with Crippen LogP contribution in [0.4, 0.5) is 5.69 Å². The number of sulfonamides is 1. The molecule has 2 aromatic carbocycles. The van der Waals surface area contributed by atoms with E-state index < -0.39 is 22.1 Å². The number of anilines is 1. The van der Waals surface area contributed by atoms with Gasteiger partial charge in [-0.2, -0.15) is 0 Å². The van der Waals surface area contributed by atoms with Gasteiger partial charge in [-0.25, -0.2) is 18.2 Å². The maximum absolute atomic E-state index is 12.5. The van der Waals surface area contributed by atoms with Crippen LogP contribution in [0.2, 0.25) is 0 Å².